The molecular weight excluding hydrogens is 300 g/mol. The van der Waals surface area contributed by atoms with Crippen LogP contribution >= 0.6 is 15.9 Å². The SMILES string of the molecule is Cc1cc(C(N)c2ccccc2Br)c(F)cc1F. The van der Waals surface area contributed by atoms with Gasteiger partial charge in [0.25, 0.3) is 0 Å². The zero-order valence-electron chi connectivity index (χ0n) is 9.75. The average molecular weight is 312 g/mol. The summed E-state index contributed by atoms with van der Waals surface area (Å²) in [5.41, 5.74) is 7.49. The molecular formula is C14H12BrF2N. The number of benzene rings is 2. The Morgan fingerprint density at radius 2 is 1.72 bits per heavy atom. The minimum absolute atomic E-state index is 0.292. The summed E-state index contributed by atoms with van der Waals surface area (Å²) in [6.07, 6.45) is 0. The van der Waals surface area contributed by atoms with Crippen LogP contribution in [-0.4, -0.2) is 0 Å². The Hall–Kier alpha value is -1.26. The fraction of sp³-hybridized carbons (Fsp3) is 0.143. The van der Waals surface area contributed by atoms with Crippen LogP contribution in [0.1, 0.15) is 22.7 Å². The fourth-order valence-electron chi connectivity index (χ4n) is 1.81. The van der Waals surface area contributed by atoms with Gasteiger partial charge in [-0.25, -0.2) is 8.78 Å². The van der Waals surface area contributed by atoms with E-state index in [1.807, 2.05) is 24.3 Å². The van der Waals surface area contributed by atoms with Gasteiger partial charge in [0.2, 0.25) is 0 Å². The molecule has 18 heavy (non-hydrogen) atoms. The van der Waals surface area contributed by atoms with Crippen molar-refractivity contribution in [1.29, 1.82) is 0 Å². The van der Waals surface area contributed by atoms with Gasteiger partial charge >= 0.3 is 0 Å². The van der Waals surface area contributed by atoms with Crippen LogP contribution < -0.4 is 5.73 Å². The molecule has 0 aromatic heterocycles. The predicted molar refractivity (Wildman–Crippen MR) is 71.3 cm³/mol. The van der Waals surface area contributed by atoms with Gasteiger partial charge in [-0.05, 0) is 30.2 Å². The van der Waals surface area contributed by atoms with Crippen molar-refractivity contribution in [3.8, 4) is 0 Å². The lowest BCUT2D eigenvalue weighted by molar-refractivity contribution is 0.560. The van der Waals surface area contributed by atoms with Gasteiger partial charge in [-0.3, -0.25) is 0 Å². The van der Waals surface area contributed by atoms with Crippen molar-refractivity contribution in [2.45, 2.75) is 13.0 Å². The molecule has 0 aliphatic heterocycles. The largest absolute Gasteiger partial charge is 0.320 e. The van der Waals surface area contributed by atoms with Crippen LogP contribution in [-0.2, 0) is 0 Å². The van der Waals surface area contributed by atoms with Crippen LogP contribution in [0, 0.1) is 18.6 Å². The molecule has 0 saturated carbocycles. The second-order valence-corrected chi connectivity index (χ2v) is 4.98. The van der Waals surface area contributed by atoms with Gasteiger partial charge in [0.15, 0.2) is 0 Å². The summed E-state index contributed by atoms with van der Waals surface area (Å²) in [6.45, 7) is 1.59. The van der Waals surface area contributed by atoms with Crippen LogP contribution in [0.15, 0.2) is 40.9 Å². The minimum atomic E-state index is -0.625. The Kier molecular flexibility index (Phi) is 3.78. The highest BCUT2D eigenvalue weighted by molar-refractivity contribution is 9.10. The van der Waals surface area contributed by atoms with Crippen molar-refractivity contribution in [3.63, 3.8) is 0 Å². The lowest BCUT2D eigenvalue weighted by Crippen LogP contribution is -2.15. The summed E-state index contributed by atoms with van der Waals surface area (Å²) in [5, 5.41) is 0. The lowest BCUT2D eigenvalue weighted by atomic mass is 9.97. The summed E-state index contributed by atoms with van der Waals surface area (Å²) in [7, 11) is 0. The molecule has 2 rings (SSSR count). The van der Waals surface area contributed by atoms with Gasteiger partial charge in [0.1, 0.15) is 11.6 Å². The number of rotatable bonds is 2. The Labute approximate surface area is 113 Å². The maximum absolute atomic E-state index is 13.8. The second kappa shape index (κ2) is 5.16. The van der Waals surface area contributed by atoms with Crippen LogP contribution in [0.4, 0.5) is 8.78 Å². The standard InChI is InChI=1S/C14H12BrF2N/c1-8-6-10(13(17)7-12(8)16)14(18)9-4-2-3-5-11(9)15/h2-7,14H,18H2,1H3. The van der Waals surface area contributed by atoms with Gasteiger partial charge < -0.3 is 5.73 Å². The minimum Gasteiger partial charge on any atom is -0.320 e. The summed E-state index contributed by atoms with van der Waals surface area (Å²) < 4.78 is 27.8. The first-order chi connectivity index (χ1) is 8.50. The number of hydrogen-bond donors (Lipinski definition) is 1. The van der Waals surface area contributed by atoms with Crippen LogP contribution in [0.2, 0.25) is 0 Å². The third kappa shape index (κ3) is 2.44. The van der Waals surface area contributed by atoms with Crippen molar-refractivity contribution in [3.05, 3.63) is 69.2 Å². The van der Waals surface area contributed by atoms with Gasteiger partial charge in [-0.2, -0.15) is 0 Å². The first-order valence-electron chi connectivity index (χ1n) is 5.46. The molecule has 0 aliphatic rings. The first-order valence-corrected chi connectivity index (χ1v) is 6.25. The molecule has 4 heteroatoms. The van der Waals surface area contributed by atoms with E-state index in [1.54, 1.807) is 6.92 Å². The summed E-state index contributed by atoms with van der Waals surface area (Å²) in [5.74, 6) is -1.18. The molecule has 0 fully saturated rings. The van der Waals surface area contributed by atoms with E-state index < -0.39 is 17.7 Å². The zero-order chi connectivity index (χ0) is 13.3. The van der Waals surface area contributed by atoms with E-state index in [9.17, 15) is 8.78 Å². The van der Waals surface area contributed by atoms with Crippen molar-refractivity contribution < 1.29 is 8.78 Å². The molecule has 1 atom stereocenters. The Morgan fingerprint density at radius 1 is 1.06 bits per heavy atom. The quantitative estimate of drug-likeness (QED) is 0.888. The molecule has 2 aromatic rings. The summed E-state index contributed by atoms with van der Waals surface area (Å²) >= 11 is 3.38. The molecule has 0 bridgehead atoms. The molecule has 2 N–H and O–H groups in total. The smallest absolute Gasteiger partial charge is 0.131 e. The molecule has 0 amide bonds. The fourth-order valence-corrected chi connectivity index (χ4v) is 2.34. The van der Waals surface area contributed by atoms with Crippen molar-refractivity contribution in [2.24, 2.45) is 5.73 Å². The topological polar surface area (TPSA) is 26.0 Å². The number of nitrogens with two attached hydrogens (primary N) is 1. The molecule has 0 saturated heterocycles. The molecule has 1 nitrogen and oxygen atoms in total. The molecule has 0 aliphatic carbocycles. The van der Waals surface area contributed by atoms with E-state index in [1.165, 1.54) is 6.07 Å². The first kappa shape index (κ1) is 13.2. The van der Waals surface area contributed by atoms with Gasteiger partial charge in [-0.1, -0.05) is 34.1 Å². The van der Waals surface area contributed by atoms with Crippen molar-refractivity contribution in [1.82, 2.24) is 0 Å². The van der Waals surface area contributed by atoms with E-state index in [-0.39, 0.29) is 0 Å². The number of hydrogen-bond acceptors (Lipinski definition) is 1. The summed E-state index contributed by atoms with van der Waals surface area (Å²) in [6, 6.07) is 9.03. The Balaban J connectivity index is 2.50. The van der Waals surface area contributed by atoms with Crippen molar-refractivity contribution >= 4 is 15.9 Å². The Morgan fingerprint density at radius 3 is 2.39 bits per heavy atom. The van der Waals surface area contributed by atoms with E-state index in [0.717, 1.165) is 16.1 Å². The average Bonchev–Trinajstić information content (AvgIpc) is 2.33. The maximum Gasteiger partial charge on any atom is 0.131 e. The van der Waals surface area contributed by atoms with E-state index in [4.69, 9.17) is 5.73 Å². The molecule has 0 heterocycles. The van der Waals surface area contributed by atoms with E-state index in [0.29, 0.717) is 11.1 Å². The highest BCUT2D eigenvalue weighted by atomic mass is 79.9. The van der Waals surface area contributed by atoms with Gasteiger partial charge in [0, 0.05) is 16.1 Å². The molecule has 0 spiro atoms. The lowest BCUT2D eigenvalue weighted by Gasteiger charge is -2.16. The maximum atomic E-state index is 13.8. The van der Waals surface area contributed by atoms with Gasteiger partial charge in [0.05, 0.1) is 6.04 Å². The van der Waals surface area contributed by atoms with E-state index >= 15 is 0 Å². The van der Waals surface area contributed by atoms with E-state index in [2.05, 4.69) is 15.9 Å². The normalized spacial score (nSPS) is 12.5. The number of aryl methyl sites for hydroxylation is 1. The molecule has 0 radical (unpaired) electrons. The number of halogens is 3. The highest BCUT2D eigenvalue weighted by Gasteiger charge is 2.17. The van der Waals surface area contributed by atoms with Crippen molar-refractivity contribution in [2.75, 3.05) is 0 Å². The third-order valence-corrected chi connectivity index (χ3v) is 3.58. The zero-order valence-corrected chi connectivity index (χ0v) is 11.3. The molecule has 94 valence electrons. The highest BCUT2D eigenvalue weighted by Crippen LogP contribution is 2.29. The second-order valence-electron chi connectivity index (χ2n) is 4.12. The van der Waals surface area contributed by atoms with Gasteiger partial charge in [-0.15, -0.1) is 0 Å². The third-order valence-electron chi connectivity index (χ3n) is 2.85. The monoisotopic (exact) mass is 311 g/mol. The predicted octanol–water partition coefficient (Wildman–Crippen LogP) is 4.08. The molecule has 1 unspecified atom stereocenters. The van der Waals surface area contributed by atoms with Crippen LogP contribution in [0.25, 0.3) is 0 Å². The molecule has 2 aromatic carbocycles. The Bertz CT molecular complexity index is 584. The van der Waals surface area contributed by atoms with Crippen LogP contribution in [0.5, 0.6) is 0 Å². The summed E-state index contributed by atoms with van der Waals surface area (Å²) in [4.78, 5) is 0. The van der Waals surface area contributed by atoms with Crippen LogP contribution in [0.3, 0.4) is 0 Å².